The fourth-order valence-electron chi connectivity index (χ4n) is 5.01. The predicted molar refractivity (Wildman–Crippen MR) is 96.1 cm³/mol. The Hall–Kier alpha value is -1.57. The summed E-state index contributed by atoms with van der Waals surface area (Å²) in [6.45, 7) is 2.14. The van der Waals surface area contributed by atoms with Crippen molar-refractivity contribution in [2.24, 2.45) is 11.8 Å². The van der Waals surface area contributed by atoms with E-state index in [-0.39, 0.29) is 11.6 Å². The summed E-state index contributed by atoms with van der Waals surface area (Å²) in [4.78, 5) is 12.6. The first-order chi connectivity index (χ1) is 11.7. The molecule has 0 spiro atoms. The zero-order valence-electron chi connectivity index (χ0n) is 14.7. The van der Waals surface area contributed by atoms with E-state index in [4.69, 9.17) is 4.74 Å². The van der Waals surface area contributed by atoms with Gasteiger partial charge in [-0.15, -0.1) is 0 Å². The Morgan fingerprint density at radius 1 is 1.08 bits per heavy atom. The third-order valence-corrected chi connectivity index (χ3v) is 6.57. The van der Waals surface area contributed by atoms with E-state index in [0.29, 0.717) is 17.4 Å². The minimum atomic E-state index is -0.219. The van der Waals surface area contributed by atoms with Crippen LogP contribution in [-0.2, 0) is 4.74 Å². The van der Waals surface area contributed by atoms with Gasteiger partial charge in [-0.25, -0.2) is 4.79 Å². The molecule has 3 unspecified atom stereocenters. The van der Waals surface area contributed by atoms with E-state index in [9.17, 15) is 4.79 Å². The van der Waals surface area contributed by atoms with Gasteiger partial charge in [0.05, 0.1) is 5.56 Å². The molecule has 0 aromatic heterocycles. The standard InChI is InChI=1S/C22H28O2/c1-2-22(12-4-3-5-13-22)24-21(23)18-10-8-17(9-11-18)20-15-16-6-7-19(20)14-16/h6-11,16,19-20H,2-5,12-15H2,1H3. The Morgan fingerprint density at radius 3 is 2.42 bits per heavy atom. The van der Waals surface area contributed by atoms with Crippen molar-refractivity contribution in [3.8, 4) is 0 Å². The van der Waals surface area contributed by atoms with Crippen LogP contribution >= 0.6 is 0 Å². The van der Waals surface area contributed by atoms with Crippen LogP contribution in [0.2, 0.25) is 0 Å². The van der Waals surface area contributed by atoms with E-state index >= 15 is 0 Å². The summed E-state index contributed by atoms with van der Waals surface area (Å²) < 4.78 is 5.98. The van der Waals surface area contributed by atoms with E-state index in [0.717, 1.165) is 25.2 Å². The number of fused-ring (bicyclic) bond motifs is 2. The Kier molecular flexibility index (Phi) is 4.24. The quantitative estimate of drug-likeness (QED) is 0.529. The number of carbonyl (C=O) groups excluding carboxylic acids is 1. The molecule has 0 aliphatic heterocycles. The van der Waals surface area contributed by atoms with Crippen LogP contribution in [0.25, 0.3) is 0 Å². The zero-order valence-corrected chi connectivity index (χ0v) is 14.7. The lowest BCUT2D eigenvalue weighted by Crippen LogP contribution is -2.36. The SMILES string of the molecule is CCC1(OC(=O)c2ccc(C3CC4C=CC3C4)cc2)CCCCC1. The molecule has 24 heavy (non-hydrogen) atoms. The smallest absolute Gasteiger partial charge is 0.338 e. The van der Waals surface area contributed by atoms with Crippen LogP contribution in [0.3, 0.4) is 0 Å². The van der Waals surface area contributed by atoms with Gasteiger partial charge in [-0.05, 0) is 80.4 Å². The number of hydrogen-bond donors (Lipinski definition) is 0. The van der Waals surface area contributed by atoms with Crippen molar-refractivity contribution >= 4 is 5.97 Å². The number of benzene rings is 1. The second-order valence-electron chi connectivity index (χ2n) is 8.00. The van der Waals surface area contributed by atoms with Crippen LogP contribution in [0.1, 0.15) is 80.1 Å². The first-order valence-electron chi connectivity index (χ1n) is 9.71. The second-order valence-corrected chi connectivity index (χ2v) is 8.00. The Bertz CT molecular complexity index is 622. The van der Waals surface area contributed by atoms with Gasteiger partial charge in [0, 0.05) is 0 Å². The molecule has 2 fully saturated rings. The van der Waals surface area contributed by atoms with E-state index in [2.05, 4.69) is 31.2 Å². The number of rotatable bonds is 4. The van der Waals surface area contributed by atoms with Gasteiger partial charge in [0.15, 0.2) is 0 Å². The van der Waals surface area contributed by atoms with E-state index in [1.165, 1.54) is 37.7 Å². The molecule has 2 bridgehead atoms. The molecule has 128 valence electrons. The summed E-state index contributed by atoms with van der Waals surface area (Å²) in [5.74, 6) is 1.99. The van der Waals surface area contributed by atoms with Crippen molar-refractivity contribution in [2.45, 2.75) is 69.8 Å². The molecule has 0 saturated heterocycles. The minimum absolute atomic E-state index is 0.141. The van der Waals surface area contributed by atoms with Crippen LogP contribution in [0.5, 0.6) is 0 Å². The molecule has 0 radical (unpaired) electrons. The minimum Gasteiger partial charge on any atom is -0.455 e. The van der Waals surface area contributed by atoms with Gasteiger partial charge in [0.25, 0.3) is 0 Å². The third kappa shape index (κ3) is 2.92. The highest BCUT2D eigenvalue weighted by Crippen LogP contribution is 2.48. The number of ether oxygens (including phenoxy) is 1. The van der Waals surface area contributed by atoms with Crippen molar-refractivity contribution in [2.75, 3.05) is 0 Å². The number of esters is 1. The van der Waals surface area contributed by atoms with Gasteiger partial charge >= 0.3 is 5.97 Å². The molecule has 2 heteroatoms. The Balaban J connectivity index is 1.44. The van der Waals surface area contributed by atoms with Gasteiger partial charge in [0.2, 0.25) is 0 Å². The van der Waals surface area contributed by atoms with Crippen LogP contribution < -0.4 is 0 Å². The maximum atomic E-state index is 12.6. The molecule has 3 atom stereocenters. The molecular formula is C22H28O2. The largest absolute Gasteiger partial charge is 0.455 e. The summed E-state index contributed by atoms with van der Waals surface area (Å²) in [7, 11) is 0. The second kappa shape index (κ2) is 6.38. The van der Waals surface area contributed by atoms with Crippen molar-refractivity contribution in [1.29, 1.82) is 0 Å². The molecular weight excluding hydrogens is 296 g/mol. The summed E-state index contributed by atoms with van der Waals surface area (Å²) in [6.07, 6.45) is 13.9. The fourth-order valence-corrected chi connectivity index (χ4v) is 5.01. The van der Waals surface area contributed by atoms with E-state index < -0.39 is 0 Å². The molecule has 0 heterocycles. The zero-order chi connectivity index (χ0) is 16.6. The summed E-state index contributed by atoms with van der Waals surface area (Å²) in [6, 6.07) is 8.24. The lowest BCUT2D eigenvalue weighted by Gasteiger charge is -2.36. The van der Waals surface area contributed by atoms with Crippen molar-refractivity contribution in [3.05, 3.63) is 47.5 Å². The molecule has 1 aromatic rings. The summed E-state index contributed by atoms with van der Waals surface area (Å²) in [5.41, 5.74) is 1.87. The molecule has 2 nitrogen and oxygen atoms in total. The van der Waals surface area contributed by atoms with Crippen molar-refractivity contribution in [3.63, 3.8) is 0 Å². The van der Waals surface area contributed by atoms with Gasteiger partial charge in [-0.1, -0.05) is 37.6 Å². The molecule has 4 rings (SSSR count). The summed E-state index contributed by atoms with van der Waals surface area (Å²) >= 11 is 0. The Labute approximate surface area is 145 Å². The van der Waals surface area contributed by atoms with Crippen molar-refractivity contribution < 1.29 is 9.53 Å². The number of hydrogen-bond acceptors (Lipinski definition) is 2. The van der Waals surface area contributed by atoms with Gasteiger partial charge in [0.1, 0.15) is 5.60 Å². The lowest BCUT2D eigenvalue weighted by atomic mass is 9.82. The molecule has 0 amide bonds. The molecule has 1 aromatic carbocycles. The predicted octanol–water partition coefficient (Wildman–Crippen LogP) is 5.64. The average molecular weight is 324 g/mol. The normalized spacial score (nSPS) is 30.5. The number of allylic oxidation sites excluding steroid dienone is 2. The lowest BCUT2D eigenvalue weighted by molar-refractivity contribution is -0.0397. The Morgan fingerprint density at radius 2 is 1.83 bits per heavy atom. The van der Waals surface area contributed by atoms with Crippen molar-refractivity contribution in [1.82, 2.24) is 0 Å². The van der Waals surface area contributed by atoms with E-state index in [1.807, 2.05) is 12.1 Å². The van der Waals surface area contributed by atoms with Crippen LogP contribution in [-0.4, -0.2) is 11.6 Å². The highest BCUT2D eigenvalue weighted by atomic mass is 16.6. The molecule has 0 N–H and O–H groups in total. The highest BCUT2D eigenvalue weighted by molar-refractivity contribution is 5.89. The first kappa shape index (κ1) is 15.9. The average Bonchev–Trinajstić information content (AvgIpc) is 3.26. The molecule has 3 aliphatic rings. The first-order valence-corrected chi connectivity index (χ1v) is 9.71. The fraction of sp³-hybridized carbons (Fsp3) is 0.591. The van der Waals surface area contributed by atoms with Gasteiger partial charge in [-0.2, -0.15) is 0 Å². The third-order valence-electron chi connectivity index (χ3n) is 6.57. The topological polar surface area (TPSA) is 26.3 Å². The van der Waals surface area contributed by atoms with Gasteiger partial charge < -0.3 is 4.74 Å². The van der Waals surface area contributed by atoms with Crippen LogP contribution in [0, 0.1) is 11.8 Å². The van der Waals surface area contributed by atoms with Crippen LogP contribution in [0.4, 0.5) is 0 Å². The van der Waals surface area contributed by atoms with E-state index in [1.54, 1.807) is 0 Å². The molecule has 2 saturated carbocycles. The number of carbonyl (C=O) groups is 1. The van der Waals surface area contributed by atoms with Gasteiger partial charge in [-0.3, -0.25) is 0 Å². The summed E-state index contributed by atoms with van der Waals surface area (Å²) in [5, 5.41) is 0. The molecule has 3 aliphatic carbocycles. The van der Waals surface area contributed by atoms with Crippen LogP contribution in [0.15, 0.2) is 36.4 Å². The highest BCUT2D eigenvalue weighted by Gasteiger charge is 2.37. The maximum absolute atomic E-state index is 12.6. The maximum Gasteiger partial charge on any atom is 0.338 e. The monoisotopic (exact) mass is 324 g/mol.